The minimum absolute atomic E-state index is 0.0139. The van der Waals surface area contributed by atoms with Gasteiger partial charge in [-0.15, -0.1) is 0 Å². The van der Waals surface area contributed by atoms with Crippen molar-refractivity contribution in [2.45, 2.75) is 32.1 Å². The second-order valence-electron chi connectivity index (χ2n) is 8.94. The molecule has 1 aromatic heterocycles. The molecule has 4 rings (SSSR count). The van der Waals surface area contributed by atoms with Crippen molar-refractivity contribution in [2.24, 2.45) is 0 Å². The number of halogens is 4. The molecule has 4 aromatic rings. The first-order valence-corrected chi connectivity index (χ1v) is 13.4. The topological polar surface area (TPSA) is 56.9 Å². The van der Waals surface area contributed by atoms with E-state index in [4.69, 9.17) is 17.5 Å². The van der Waals surface area contributed by atoms with E-state index in [2.05, 4.69) is 32.3 Å². The molecular formula is C29H25BrF3N5S. The highest BCUT2D eigenvalue weighted by Gasteiger charge is 2.33. The van der Waals surface area contributed by atoms with Gasteiger partial charge in [0, 0.05) is 41.7 Å². The highest BCUT2D eigenvalue weighted by atomic mass is 79.9. The third-order valence-corrected chi connectivity index (χ3v) is 7.00. The van der Waals surface area contributed by atoms with Gasteiger partial charge in [0.1, 0.15) is 0 Å². The van der Waals surface area contributed by atoms with Crippen LogP contribution in [-0.2, 0) is 25.7 Å². The number of hydrogen-bond donors (Lipinski definition) is 1. The summed E-state index contributed by atoms with van der Waals surface area (Å²) in [4.78, 5) is 6.05. The SMILES string of the molecule is N#Cc1ccc(Cn2cncc2CCCN(Cc2ccccc2C(F)(F)F)C(=S)Nc2cccc(Br)c2)cc1. The van der Waals surface area contributed by atoms with Gasteiger partial charge < -0.3 is 14.8 Å². The maximum atomic E-state index is 13.7. The van der Waals surface area contributed by atoms with E-state index in [1.807, 2.05) is 41.0 Å². The summed E-state index contributed by atoms with van der Waals surface area (Å²) in [6.45, 7) is 1.06. The van der Waals surface area contributed by atoms with Crippen LogP contribution in [0.4, 0.5) is 18.9 Å². The van der Waals surface area contributed by atoms with Crippen molar-refractivity contribution in [3.63, 3.8) is 0 Å². The number of nitrogens with zero attached hydrogens (tertiary/aromatic N) is 4. The zero-order chi connectivity index (χ0) is 27.8. The number of rotatable bonds is 9. The normalized spacial score (nSPS) is 11.2. The number of aromatic nitrogens is 2. The molecule has 0 saturated heterocycles. The molecule has 5 nitrogen and oxygen atoms in total. The van der Waals surface area contributed by atoms with Gasteiger partial charge in [-0.05, 0) is 72.6 Å². The van der Waals surface area contributed by atoms with Gasteiger partial charge in [-0.1, -0.05) is 52.3 Å². The van der Waals surface area contributed by atoms with Crippen LogP contribution >= 0.6 is 28.1 Å². The fourth-order valence-electron chi connectivity index (χ4n) is 4.19. The van der Waals surface area contributed by atoms with E-state index in [0.717, 1.165) is 27.5 Å². The molecule has 0 fully saturated rings. The molecule has 200 valence electrons. The van der Waals surface area contributed by atoms with Gasteiger partial charge in [0.25, 0.3) is 0 Å². The second kappa shape index (κ2) is 12.9. The van der Waals surface area contributed by atoms with Crippen LogP contribution < -0.4 is 5.32 Å². The van der Waals surface area contributed by atoms with Gasteiger partial charge in [-0.25, -0.2) is 4.98 Å². The summed E-state index contributed by atoms with van der Waals surface area (Å²) < 4.78 is 44.0. The Hall–Kier alpha value is -3.68. The van der Waals surface area contributed by atoms with E-state index < -0.39 is 11.7 Å². The molecule has 0 spiro atoms. The van der Waals surface area contributed by atoms with Crippen molar-refractivity contribution in [1.29, 1.82) is 5.26 Å². The molecular weight excluding hydrogens is 587 g/mol. The van der Waals surface area contributed by atoms with Crippen molar-refractivity contribution in [1.82, 2.24) is 14.5 Å². The molecule has 0 aliphatic heterocycles. The number of thiocarbonyl (C=S) groups is 1. The Labute approximate surface area is 239 Å². The van der Waals surface area contributed by atoms with E-state index in [9.17, 15) is 13.2 Å². The highest BCUT2D eigenvalue weighted by Crippen LogP contribution is 2.32. The van der Waals surface area contributed by atoms with E-state index in [-0.39, 0.29) is 12.1 Å². The lowest BCUT2D eigenvalue weighted by molar-refractivity contribution is -0.138. The van der Waals surface area contributed by atoms with Crippen LogP contribution in [0, 0.1) is 11.3 Å². The molecule has 3 aromatic carbocycles. The first kappa shape index (κ1) is 28.3. The molecule has 1 N–H and O–H groups in total. The lowest BCUT2D eigenvalue weighted by Gasteiger charge is -2.27. The maximum Gasteiger partial charge on any atom is 0.416 e. The summed E-state index contributed by atoms with van der Waals surface area (Å²) >= 11 is 9.09. The number of alkyl halides is 3. The molecule has 0 saturated carbocycles. The van der Waals surface area contributed by atoms with Crippen molar-refractivity contribution in [3.05, 3.63) is 118 Å². The van der Waals surface area contributed by atoms with E-state index in [1.54, 1.807) is 35.6 Å². The Morgan fingerprint density at radius 2 is 1.85 bits per heavy atom. The average Bonchev–Trinajstić information content (AvgIpc) is 3.35. The largest absolute Gasteiger partial charge is 0.416 e. The molecule has 39 heavy (non-hydrogen) atoms. The predicted molar refractivity (Wildman–Crippen MR) is 153 cm³/mol. The van der Waals surface area contributed by atoms with Crippen molar-refractivity contribution in [2.75, 3.05) is 11.9 Å². The third-order valence-electron chi connectivity index (χ3n) is 6.14. The molecule has 1 heterocycles. The monoisotopic (exact) mass is 611 g/mol. The van der Waals surface area contributed by atoms with Gasteiger partial charge in [0.15, 0.2) is 5.11 Å². The smallest absolute Gasteiger partial charge is 0.345 e. The highest BCUT2D eigenvalue weighted by molar-refractivity contribution is 9.10. The molecule has 0 aliphatic rings. The molecule has 0 aliphatic carbocycles. The Morgan fingerprint density at radius 1 is 1.08 bits per heavy atom. The van der Waals surface area contributed by atoms with Gasteiger partial charge in [0.2, 0.25) is 0 Å². The van der Waals surface area contributed by atoms with Crippen LogP contribution in [0.2, 0.25) is 0 Å². The summed E-state index contributed by atoms with van der Waals surface area (Å²) in [5.41, 5.74) is 2.88. The number of nitrogens with one attached hydrogen (secondary N) is 1. The van der Waals surface area contributed by atoms with Crippen molar-refractivity contribution < 1.29 is 13.2 Å². The number of anilines is 1. The minimum atomic E-state index is -4.46. The molecule has 0 atom stereocenters. The van der Waals surface area contributed by atoms with Crippen LogP contribution in [0.15, 0.2) is 89.8 Å². The number of aryl methyl sites for hydroxylation is 1. The quantitative estimate of drug-likeness (QED) is 0.200. The number of hydrogen-bond acceptors (Lipinski definition) is 3. The summed E-state index contributed by atoms with van der Waals surface area (Å²) in [5, 5.41) is 12.5. The van der Waals surface area contributed by atoms with Crippen LogP contribution in [0.3, 0.4) is 0 Å². The second-order valence-corrected chi connectivity index (χ2v) is 10.2. The zero-order valence-corrected chi connectivity index (χ0v) is 23.2. The fraction of sp³-hybridized carbons (Fsp3) is 0.207. The Balaban J connectivity index is 1.48. The first-order chi connectivity index (χ1) is 18.7. The van der Waals surface area contributed by atoms with Gasteiger partial charge in [-0.2, -0.15) is 18.4 Å². The van der Waals surface area contributed by atoms with Crippen LogP contribution in [0.5, 0.6) is 0 Å². The molecule has 10 heteroatoms. The maximum absolute atomic E-state index is 13.7. The predicted octanol–water partition coefficient (Wildman–Crippen LogP) is 7.42. The van der Waals surface area contributed by atoms with Crippen molar-refractivity contribution in [3.8, 4) is 6.07 Å². The lowest BCUT2D eigenvalue weighted by atomic mass is 10.1. The van der Waals surface area contributed by atoms with Crippen LogP contribution in [0.25, 0.3) is 0 Å². The molecule has 0 radical (unpaired) electrons. The van der Waals surface area contributed by atoms with Gasteiger partial charge >= 0.3 is 6.18 Å². The summed E-state index contributed by atoms with van der Waals surface area (Å²) in [7, 11) is 0. The average molecular weight is 613 g/mol. The van der Waals surface area contributed by atoms with E-state index >= 15 is 0 Å². The zero-order valence-electron chi connectivity index (χ0n) is 20.8. The summed E-state index contributed by atoms with van der Waals surface area (Å²) in [5.74, 6) is 0. The standard InChI is InChI=1S/C29H25BrF3N5S/c30-24-6-3-7-25(15-24)36-28(39)37(19-23-5-1-2-9-27(23)29(31,32)33)14-4-8-26-17-35-20-38(26)18-22-12-10-21(16-34)11-13-22/h1-3,5-7,9-13,15,17,20H,4,8,14,18-19H2,(H,36,39). The molecule has 0 unspecified atom stereocenters. The first-order valence-electron chi connectivity index (χ1n) is 12.2. The summed E-state index contributed by atoms with van der Waals surface area (Å²) in [6.07, 6.45) is 0.398. The van der Waals surface area contributed by atoms with Crippen LogP contribution in [0.1, 0.15) is 34.4 Å². The summed E-state index contributed by atoms with van der Waals surface area (Å²) in [6, 6.07) is 22.5. The van der Waals surface area contributed by atoms with Crippen molar-refractivity contribution >= 4 is 38.9 Å². The third kappa shape index (κ3) is 7.91. The lowest BCUT2D eigenvalue weighted by Crippen LogP contribution is -2.36. The number of imidazole rings is 1. The van der Waals surface area contributed by atoms with Gasteiger partial charge in [0.05, 0.1) is 23.5 Å². The Kier molecular flexibility index (Phi) is 9.38. The number of benzene rings is 3. The fourth-order valence-corrected chi connectivity index (χ4v) is 4.87. The minimum Gasteiger partial charge on any atom is -0.345 e. The van der Waals surface area contributed by atoms with E-state index in [0.29, 0.717) is 36.6 Å². The van der Waals surface area contributed by atoms with Crippen LogP contribution in [-0.4, -0.2) is 26.1 Å². The Bertz CT molecular complexity index is 1460. The Morgan fingerprint density at radius 3 is 2.56 bits per heavy atom. The molecule has 0 bridgehead atoms. The number of nitriles is 1. The molecule has 0 amide bonds. The van der Waals surface area contributed by atoms with Gasteiger partial charge in [-0.3, -0.25) is 0 Å². The van der Waals surface area contributed by atoms with E-state index in [1.165, 1.54) is 12.1 Å².